The quantitative estimate of drug-likeness (QED) is 0.582. The van der Waals surface area contributed by atoms with Gasteiger partial charge < -0.3 is 10.1 Å². The van der Waals surface area contributed by atoms with Gasteiger partial charge in [-0.05, 0) is 41.8 Å². The second-order valence-electron chi connectivity index (χ2n) is 5.20. The molecule has 124 valence electrons. The number of fused-ring (bicyclic) bond motifs is 1. The fourth-order valence-electron chi connectivity index (χ4n) is 2.26. The molecule has 0 unspecified atom stereocenters. The first-order valence-corrected chi connectivity index (χ1v) is 8.43. The molecule has 0 saturated carbocycles. The van der Waals surface area contributed by atoms with Crippen LogP contribution in [0.4, 0.5) is 0 Å². The van der Waals surface area contributed by atoms with Gasteiger partial charge in [0.1, 0.15) is 0 Å². The lowest BCUT2D eigenvalue weighted by Gasteiger charge is -1.98. The van der Waals surface area contributed by atoms with Gasteiger partial charge in [0, 0.05) is 10.3 Å². The molecule has 1 amide bonds. The predicted octanol–water partition coefficient (Wildman–Crippen LogP) is 3.47. The van der Waals surface area contributed by atoms with Gasteiger partial charge in [0.15, 0.2) is 0 Å². The monoisotopic (exact) mass is 349 g/mol. The van der Waals surface area contributed by atoms with Crippen LogP contribution in [-0.4, -0.2) is 25.5 Å². The second-order valence-corrected chi connectivity index (χ2v) is 6.29. The van der Waals surface area contributed by atoms with E-state index >= 15 is 0 Å². The number of ether oxygens (including phenoxy) is 1. The Bertz CT molecular complexity index is 944. The van der Waals surface area contributed by atoms with Crippen LogP contribution in [0.2, 0.25) is 0 Å². The standard InChI is InChI=1S/C20H15NO3S/c1-24-20(23)15-10-8-14(9-11-15)5-4-12-21-19(22)18-13-16-6-2-3-7-17(16)25-18/h2-3,6-11,13H,12H2,1H3,(H,21,22). The molecule has 4 nitrogen and oxygen atoms in total. The van der Waals surface area contributed by atoms with Crippen molar-refractivity contribution in [3.63, 3.8) is 0 Å². The van der Waals surface area contributed by atoms with Crippen molar-refractivity contribution in [3.8, 4) is 11.8 Å². The number of nitrogens with one attached hydrogen (secondary N) is 1. The van der Waals surface area contributed by atoms with E-state index in [1.165, 1.54) is 18.4 Å². The van der Waals surface area contributed by atoms with Crippen LogP contribution in [0.25, 0.3) is 10.1 Å². The van der Waals surface area contributed by atoms with Gasteiger partial charge in [0.2, 0.25) is 0 Å². The van der Waals surface area contributed by atoms with Crippen molar-refractivity contribution in [1.29, 1.82) is 0 Å². The van der Waals surface area contributed by atoms with Crippen molar-refractivity contribution in [2.75, 3.05) is 13.7 Å². The van der Waals surface area contributed by atoms with E-state index in [-0.39, 0.29) is 18.4 Å². The van der Waals surface area contributed by atoms with Crippen LogP contribution in [0.1, 0.15) is 25.6 Å². The molecule has 0 bridgehead atoms. The first-order valence-electron chi connectivity index (χ1n) is 7.61. The number of rotatable bonds is 3. The third kappa shape index (κ3) is 4.06. The number of carbonyl (C=O) groups excluding carboxylic acids is 2. The smallest absolute Gasteiger partial charge is 0.337 e. The number of amides is 1. The lowest BCUT2D eigenvalue weighted by Crippen LogP contribution is -2.22. The molecule has 1 N–H and O–H groups in total. The number of hydrogen-bond acceptors (Lipinski definition) is 4. The highest BCUT2D eigenvalue weighted by Gasteiger charge is 2.08. The van der Waals surface area contributed by atoms with Crippen LogP contribution in [-0.2, 0) is 4.74 Å². The second kappa shape index (κ2) is 7.65. The SMILES string of the molecule is COC(=O)c1ccc(C#CCNC(=O)c2cc3ccccc3s2)cc1. The first kappa shape index (κ1) is 16.7. The number of methoxy groups -OCH3 is 1. The van der Waals surface area contributed by atoms with Crippen molar-refractivity contribution < 1.29 is 14.3 Å². The molecular formula is C20H15NO3S. The van der Waals surface area contributed by atoms with Crippen LogP contribution >= 0.6 is 11.3 Å². The van der Waals surface area contributed by atoms with Gasteiger partial charge in [0.05, 0.1) is 24.1 Å². The zero-order chi connectivity index (χ0) is 17.6. The molecule has 1 aromatic heterocycles. The van der Waals surface area contributed by atoms with Gasteiger partial charge in [-0.1, -0.05) is 30.0 Å². The van der Waals surface area contributed by atoms with Gasteiger partial charge in [0.25, 0.3) is 5.91 Å². The summed E-state index contributed by atoms with van der Waals surface area (Å²) in [6.07, 6.45) is 0. The summed E-state index contributed by atoms with van der Waals surface area (Å²) < 4.78 is 5.73. The number of benzene rings is 2. The molecule has 0 radical (unpaired) electrons. The van der Waals surface area contributed by atoms with E-state index in [9.17, 15) is 9.59 Å². The highest BCUT2D eigenvalue weighted by Crippen LogP contribution is 2.24. The van der Waals surface area contributed by atoms with Gasteiger partial charge in [-0.15, -0.1) is 11.3 Å². The third-order valence-corrected chi connectivity index (χ3v) is 4.64. The summed E-state index contributed by atoms with van der Waals surface area (Å²) in [6, 6.07) is 16.6. The maximum absolute atomic E-state index is 12.2. The molecule has 1 heterocycles. The number of thiophene rings is 1. The summed E-state index contributed by atoms with van der Waals surface area (Å²) in [6.45, 7) is 0.256. The highest BCUT2D eigenvalue weighted by molar-refractivity contribution is 7.20. The molecule has 0 saturated heterocycles. The summed E-state index contributed by atoms with van der Waals surface area (Å²) in [5, 5.41) is 3.86. The van der Waals surface area contributed by atoms with Gasteiger partial charge in [-0.2, -0.15) is 0 Å². The minimum absolute atomic E-state index is 0.128. The summed E-state index contributed by atoms with van der Waals surface area (Å²) in [7, 11) is 1.34. The maximum Gasteiger partial charge on any atom is 0.337 e. The molecular weight excluding hydrogens is 334 g/mol. The number of esters is 1. The Morgan fingerprint density at radius 1 is 1.12 bits per heavy atom. The van der Waals surface area contributed by atoms with Crippen LogP contribution in [0.15, 0.2) is 54.6 Å². The van der Waals surface area contributed by atoms with Gasteiger partial charge in [-0.25, -0.2) is 4.79 Å². The summed E-state index contributed by atoms with van der Waals surface area (Å²) in [5.74, 6) is 5.35. The maximum atomic E-state index is 12.2. The minimum Gasteiger partial charge on any atom is -0.465 e. The van der Waals surface area contributed by atoms with Crippen molar-refractivity contribution in [2.24, 2.45) is 0 Å². The first-order chi connectivity index (χ1) is 12.2. The van der Waals surface area contributed by atoms with E-state index in [0.29, 0.717) is 10.4 Å². The number of carbonyl (C=O) groups is 2. The highest BCUT2D eigenvalue weighted by atomic mass is 32.1. The van der Waals surface area contributed by atoms with Crippen molar-refractivity contribution in [1.82, 2.24) is 5.32 Å². The van der Waals surface area contributed by atoms with Crippen LogP contribution < -0.4 is 5.32 Å². The van der Waals surface area contributed by atoms with Crippen LogP contribution in [0.5, 0.6) is 0 Å². The Balaban J connectivity index is 1.58. The average Bonchev–Trinajstić information content (AvgIpc) is 3.09. The zero-order valence-electron chi connectivity index (χ0n) is 13.5. The van der Waals surface area contributed by atoms with E-state index < -0.39 is 0 Å². The van der Waals surface area contributed by atoms with Gasteiger partial charge >= 0.3 is 5.97 Å². The van der Waals surface area contributed by atoms with Crippen molar-refractivity contribution >= 4 is 33.3 Å². The van der Waals surface area contributed by atoms with E-state index in [0.717, 1.165) is 15.6 Å². The van der Waals surface area contributed by atoms with Crippen LogP contribution in [0.3, 0.4) is 0 Å². The normalized spacial score (nSPS) is 9.96. The Labute approximate surface area is 149 Å². The minimum atomic E-state index is -0.380. The van der Waals surface area contributed by atoms with Crippen molar-refractivity contribution in [2.45, 2.75) is 0 Å². The van der Waals surface area contributed by atoms with Crippen LogP contribution in [0, 0.1) is 11.8 Å². The van der Waals surface area contributed by atoms with E-state index in [1.54, 1.807) is 24.3 Å². The third-order valence-electron chi connectivity index (χ3n) is 3.53. The molecule has 0 fully saturated rings. The lowest BCUT2D eigenvalue weighted by atomic mass is 10.1. The topological polar surface area (TPSA) is 55.4 Å². The summed E-state index contributed by atoms with van der Waals surface area (Å²) in [5.41, 5.74) is 1.25. The molecule has 0 spiro atoms. The number of hydrogen-bond donors (Lipinski definition) is 1. The molecule has 2 aromatic carbocycles. The van der Waals surface area contributed by atoms with E-state index in [2.05, 4.69) is 21.9 Å². The fraction of sp³-hybridized carbons (Fsp3) is 0.100. The molecule has 0 aliphatic rings. The largest absolute Gasteiger partial charge is 0.465 e. The van der Waals surface area contributed by atoms with E-state index in [4.69, 9.17) is 0 Å². The summed E-state index contributed by atoms with van der Waals surface area (Å²) in [4.78, 5) is 24.2. The van der Waals surface area contributed by atoms with E-state index in [1.807, 2.05) is 30.3 Å². The summed E-state index contributed by atoms with van der Waals surface area (Å²) >= 11 is 1.46. The molecule has 0 aliphatic heterocycles. The molecule has 3 rings (SSSR count). The van der Waals surface area contributed by atoms with Gasteiger partial charge in [-0.3, -0.25) is 4.79 Å². The Hall–Kier alpha value is -3.10. The molecule has 5 heteroatoms. The molecule has 25 heavy (non-hydrogen) atoms. The molecule has 0 atom stereocenters. The Kier molecular flexibility index (Phi) is 5.12. The predicted molar refractivity (Wildman–Crippen MR) is 98.8 cm³/mol. The lowest BCUT2D eigenvalue weighted by molar-refractivity contribution is 0.0600. The molecule has 3 aromatic rings. The molecule has 0 aliphatic carbocycles. The Morgan fingerprint density at radius 3 is 2.60 bits per heavy atom. The zero-order valence-corrected chi connectivity index (χ0v) is 14.4. The Morgan fingerprint density at radius 2 is 1.88 bits per heavy atom. The average molecular weight is 349 g/mol. The fourth-order valence-corrected chi connectivity index (χ4v) is 3.24. The van der Waals surface area contributed by atoms with Crippen molar-refractivity contribution in [3.05, 3.63) is 70.6 Å².